The van der Waals surface area contributed by atoms with Crippen molar-refractivity contribution in [2.24, 2.45) is 0 Å². The Hall–Kier alpha value is -1.91. The summed E-state index contributed by atoms with van der Waals surface area (Å²) in [4.78, 5) is 24.2. The van der Waals surface area contributed by atoms with E-state index < -0.39 is 12.6 Å². The lowest BCUT2D eigenvalue weighted by Gasteiger charge is -2.03. The van der Waals surface area contributed by atoms with Crippen molar-refractivity contribution in [3.8, 4) is 5.75 Å². The Labute approximate surface area is 74.0 Å². The van der Waals surface area contributed by atoms with Crippen LogP contribution in [0.2, 0.25) is 0 Å². The van der Waals surface area contributed by atoms with Gasteiger partial charge in [-0.2, -0.15) is 0 Å². The number of rotatable bonds is 4. The number of carboxylic acid groups (broad SMARTS) is 1. The van der Waals surface area contributed by atoms with Crippen LogP contribution in [0.25, 0.3) is 0 Å². The zero-order chi connectivity index (χ0) is 9.68. The van der Waals surface area contributed by atoms with Gasteiger partial charge in [0, 0.05) is 6.20 Å². The van der Waals surface area contributed by atoms with E-state index in [9.17, 15) is 9.59 Å². The smallest absolute Gasteiger partial charge is 0.341 e. The molecule has 0 unspecified atom stereocenters. The first-order valence-corrected chi connectivity index (χ1v) is 3.49. The van der Waals surface area contributed by atoms with Crippen LogP contribution in [0.5, 0.6) is 5.75 Å². The quantitative estimate of drug-likeness (QED) is 0.678. The standard InChI is InChI=1S/C8H7NO4/c10-4-6-7(2-1-3-9-6)13-5-8(11)12/h1-4H,5H2,(H,11,12). The number of aromatic nitrogens is 1. The highest BCUT2D eigenvalue weighted by Crippen LogP contribution is 2.12. The molecule has 0 saturated heterocycles. The maximum Gasteiger partial charge on any atom is 0.341 e. The van der Waals surface area contributed by atoms with Crippen LogP contribution in [0, 0.1) is 0 Å². The number of nitrogens with zero attached hydrogens (tertiary/aromatic N) is 1. The molecule has 0 amide bonds. The fourth-order valence-electron chi connectivity index (χ4n) is 0.753. The van der Waals surface area contributed by atoms with Crippen LogP contribution in [0.3, 0.4) is 0 Å². The third-order valence-electron chi connectivity index (χ3n) is 1.26. The van der Waals surface area contributed by atoms with Gasteiger partial charge in [-0.05, 0) is 12.1 Å². The number of carbonyl (C=O) groups excluding carboxylic acids is 1. The first-order valence-electron chi connectivity index (χ1n) is 3.49. The fourth-order valence-corrected chi connectivity index (χ4v) is 0.753. The van der Waals surface area contributed by atoms with Gasteiger partial charge in [0.25, 0.3) is 0 Å². The second-order valence-corrected chi connectivity index (χ2v) is 2.19. The molecule has 1 heterocycles. The second kappa shape index (κ2) is 4.20. The molecule has 13 heavy (non-hydrogen) atoms. The van der Waals surface area contributed by atoms with Crippen LogP contribution >= 0.6 is 0 Å². The minimum absolute atomic E-state index is 0.101. The Bertz CT molecular complexity index is 324. The highest BCUT2D eigenvalue weighted by molar-refractivity contribution is 5.76. The van der Waals surface area contributed by atoms with Crippen LogP contribution in [0.4, 0.5) is 0 Å². The highest BCUT2D eigenvalue weighted by Gasteiger charge is 2.04. The molecule has 0 aromatic carbocycles. The number of pyridine rings is 1. The van der Waals surface area contributed by atoms with E-state index in [0.717, 1.165) is 0 Å². The first-order chi connectivity index (χ1) is 6.24. The van der Waals surface area contributed by atoms with E-state index >= 15 is 0 Å². The van der Waals surface area contributed by atoms with Gasteiger partial charge in [0.15, 0.2) is 12.9 Å². The van der Waals surface area contributed by atoms with Crippen molar-refractivity contribution in [3.05, 3.63) is 24.0 Å². The lowest BCUT2D eigenvalue weighted by molar-refractivity contribution is -0.139. The number of hydrogen-bond donors (Lipinski definition) is 1. The summed E-state index contributed by atoms with van der Waals surface area (Å²) < 4.78 is 4.80. The monoisotopic (exact) mass is 181 g/mol. The number of ether oxygens (including phenoxy) is 1. The molecule has 0 bridgehead atoms. The summed E-state index contributed by atoms with van der Waals surface area (Å²) >= 11 is 0. The predicted molar refractivity (Wildman–Crippen MR) is 42.8 cm³/mol. The Morgan fingerprint density at radius 3 is 3.08 bits per heavy atom. The van der Waals surface area contributed by atoms with Gasteiger partial charge in [-0.15, -0.1) is 0 Å². The molecule has 5 nitrogen and oxygen atoms in total. The van der Waals surface area contributed by atoms with Gasteiger partial charge in [0.1, 0.15) is 11.4 Å². The first kappa shape index (κ1) is 9.18. The van der Waals surface area contributed by atoms with Gasteiger partial charge in [0.2, 0.25) is 0 Å². The van der Waals surface area contributed by atoms with Gasteiger partial charge < -0.3 is 9.84 Å². The van der Waals surface area contributed by atoms with E-state index in [4.69, 9.17) is 9.84 Å². The van der Waals surface area contributed by atoms with Gasteiger partial charge in [-0.1, -0.05) is 0 Å². The predicted octanol–water partition coefficient (Wildman–Crippen LogP) is 0.357. The number of hydrogen-bond acceptors (Lipinski definition) is 4. The maximum atomic E-state index is 10.4. The van der Waals surface area contributed by atoms with Gasteiger partial charge in [-0.3, -0.25) is 4.79 Å². The van der Waals surface area contributed by atoms with E-state index in [2.05, 4.69) is 4.98 Å². The minimum Gasteiger partial charge on any atom is -0.480 e. The van der Waals surface area contributed by atoms with Gasteiger partial charge in [0.05, 0.1) is 0 Å². The molecule has 0 atom stereocenters. The van der Waals surface area contributed by atoms with Crippen molar-refractivity contribution in [2.45, 2.75) is 0 Å². The average Bonchev–Trinajstić information content (AvgIpc) is 2.15. The van der Waals surface area contributed by atoms with E-state index in [1.165, 1.54) is 12.3 Å². The van der Waals surface area contributed by atoms with Crippen molar-refractivity contribution in [1.82, 2.24) is 4.98 Å². The number of aliphatic carboxylic acids is 1. The number of carboxylic acids is 1. The zero-order valence-electron chi connectivity index (χ0n) is 6.64. The van der Waals surface area contributed by atoms with Gasteiger partial charge in [-0.25, -0.2) is 9.78 Å². The molecule has 0 radical (unpaired) electrons. The Morgan fingerprint density at radius 2 is 2.46 bits per heavy atom. The van der Waals surface area contributed by atoms with E-state index in [0.29, 0.717) is 6.29 Å². The summed E-state index contributed by atoms with van der Waals surface area (Å²) in [5.74, 6) is -0.916. The topological polar surface area (TPSA) is 76.5 Å². The van der Waals surface area contributed by atoms with E-state index in [1.807, 2.05) is 0 Å². The molecule has 1 aromatic rings. The Balaban J connectivity index is 2.75. The third-order valence-corrected chi connectivity index (χ3v) is 1.26. The lowest BCUT2D eigenvalue weighted by atomic mass is 10.3. The van der Waals surface area contributed by atoms with Crippen molar-refractivity contribution in [2.75, 3.05) is 6.61 Å². The highest BCUT2D eigenvalue weighted by atomic mass is 16.5. The van der Waals surface area contributed by atoms with Gasteiger partial charge >= 0.3 is 5.97 Å². The van der Waals surface area contributed by atoms with Crippen LogP contribution < -0.4 is 4.74 Å². The van der Waals surface area contributed by atoms with Crippen molar-refractivity contribution < 1.29 is 19.4 Å². The average molecular weight is 181 g/mol. The molecular formula is C8H7NO4. The Morgan fingerprint density at radius 1 is 1.69 bits per heavy atom. The minimum atomic E-state index is -1.10. The molecule has 0 fully saturated rings. The molecule has 0 aliphatic rings. The maximum absolute atomic E-state index is 10.4. The molecule has 1 N–H and O–H groups in total. The summed E-state index contributed by atoms with van der Waals surface area (Å²) in [6.07, 6.45) is 1.94. The van der Waals surface area contributed by atoms with E-state index in [-0.39, 0.29) is 11.4 Å². The number of carbonyl (C=O) groups is 2. The third kappa shape index (κ3) is 2.55. The van der Waals surface area contributed by atoms with Crippen LogP contribution in [0.1, 0.15) is 10.5 Å². The molecule has 68 valence electrons. The molecule has 1 rings (SSSR count). The zero-order valence-corrected chi connectivity index (χ0v) is 6.64. The largest absolute Gasteiger partial charge is 0.480 e. The lowest BCUT2D eigenvalue weighted by Crippen LogP contribution is -2.10. The summed E-state index contributed by atoms with van der Waals surface area (Å²) in [5, 5.41) is 8.30. The molecule has 0 saturated carbocycles. The fraction of sp³-hybridized carbons (Fsp3) is 0.125. The van der Waals surface area contributed by atoms with Crippen molar-refractivity contribution in [1.29, 1.82) is 0 Å². The molecule has 5 heteroatoms. The molecule has 0 spiro atoms. The van der Waals surface area contributed by atoms with Crippen LogP contribution in [0.15, 0.2) is 18.3 Å². The molecule has 0 aliphatic heterocycles. The summed E-state index contributed by atoms with van der Waals surface area (Å²) in [6, 6.07) is 3.05. The Kier molecular flexibility index (Phi) is 2.97. The SMILES string of the molecule is O=Cc1ncccc1OCC(=O)O. The summed E-state index contributed by atoms with van der Waals surface area (Å²) in [7, 11) is 0. The van der Waals surface area contributed by atoms with Crippen LogP contribution in [-0.4, -0.2) is 29.0 Å². The molecular weight excluding hydrogens is 174 g/mol. The van der Waals surface area contributed by atoms with Crippen molar-refractivity contribution >= 4 is 12.3 Å². The number of aldehydes is 1. The summed E-state index contributed by atoms with van der Waals surface area (Å²) in [5.41, 5.74) is 0.101. The van der Waals surface area contributed by atoms with Crippen molar-refractivity contribution in [3.63, 3.8) is 0 Å². The summed E-state index contributed by atoms with van der Waals surface area (Å²) in [6.45, 7) is -0.480. The molecule has 1 aromatic heterocycles. The van der Waals surface area contributed by atoms with Crippen LogP contribution in [-0.2, 0) is 4.79 Å². The normalized spacial score (nSPS) is 9.23. The molecule has 0 aliphatic carbocycles. The second-order valence-electron chi connectivity index (χ2n) is 2.19. The van der Waals surface area contributed by atoms with E-state index in [1.54, 1.807) is 6.07 Å².